The van der Waals surface area contributed by atoms with Gasteiger partial charge in [-0.1, -0.05) is 12.1 Å². The quantitative estimate of drug-likeness (QED) is 0.726. The minimum Gasteiger partial charge on any atom is -0.371 e. The lowest BCUT2D eigenvalue weighted by atomic mass is 10.2. The molecule has 108 valence electrons. The van der Waals surface area contributed by atoms with E-state index in [9.17, 15) is 8.42 Å². The van der Waals surface area contributed by atoms with Gasteiger partial charge in [0.2, 0.25) is 10.0 Å². The second-order valence-corrected chi connectivity index (χ2v) is 6.88. The molecule has 0 amide bonds. The fraction of sp³-hybridized carbons (Fsp3) is 0.538. The van der Waals surface area contributed by atoms with E-state index >= 15 is 0 Å². The Labute approximate surface area is 121 Å². The largest absolute Gasteiger partial charge is 0.371 e. The number of hydrogen-bond donors (Lipinski definition) is 0. The summed E-state index contributed by atoms with van der Waals surface area (Å²) in [7, 11) is -0.343. The van der Waals surface area contributed by atoms with Gasteiger partial charge in [0.1, 0.15) is 4.90 Å². The highest BCUT2D eigenvalue weighted by atomic mass is 35.5. The summed E-state index contributed by atoms with van der Waals surface area (Å²) in [5, 5.41) is 0. The summed E-state index contributed by atoms with van der Waals surface area (Å²) in [5.41, 5.74) is 0.740. The molecule has 0 atom stereocenters. The van der Waals surface area contributed by atoms with Gasteiger partial charge in [-0.2, -0.15) is 0 Å². The maximum absolute atomic E-state index is 12.3. The number of para-hydroxylation sites is 1. The van der Waals surface area contributed by atoms with E-state index in [0.29, 0.717) is 10.8 Å². The molecule has 0 N–H and O–H groups in total. The lowest BCUT2D eigenvalue weighted by Gasteiger charge is -2.26. The molecule has 0 saturated carbocycles. The van der Waals surface area contributed by atoms with E-state index in [0.717, 1.165) is 25.2 Å². The van der Waals surface area contributed by atoms with Crippen LogP contribution in [0.25, 0.3) is 0 Å². The van der Waals surface area contributed by atoms with E-state index in [4.69, 9.17) is 11.6 Å². The van der Waals surface area contributed by atoms with Crippen molar-refractivity contribution in [2.75, 3.05) is 38.0 Å². The molecule has 0 radical (unpaired) electrons. The predicted molar refractivity (Wildman–Crippen MR) is 80.5 cm³/mol. The van der Waals surface area contributed by atoms with Gasteiger partial charge in [-0.25, -0.2) is 12.7 Å². The molecule has 1 aromatic rings. The lowest BCUT2D eigenvalue weighted by Crippen LogP contribution is -2.29. The van der Waals surface area contributed by atoms with Crippen molar-refractivity contribution in [1.29, 1.82) is 0 Å². The maximum atomic E-state index is 12.3. The first-order chi connectivity index (χ1) is 8.95. The molecule has 19 heavy (non-hydrogen) atoms. The number of anilines is 1. The van der Waals surface area contributed by atoms with Gasteiger partial charge in [0.25, 0.3) is 0 Å². The van der Waals surface area contributed by atoms with Crippen molar-refractivity contribution in [3.05, 3.63) is 24.3 Å². The highest BCUT2D eigenvalue weighted by Crippen LogP contribution is 2.26. The van der Waals surface area contributed by atoms with Gasteiger partial charge in [0.15, 0.2) is 0 Å². The van der Waals surface area contributed by atoms with Crippen LogP contribution in [0.4, 0.5) is 5.69 Å². The van der Waals surface area contributed by atoms with Gasteiger partial charge in [0.05, 0.1) is 5.69 Å². The SMILES string of the molecule is CCN(CCCCl)c1ccccc1S(=O)(=O)N(C)C. The van der Waals surface area contributed by atoms with Crippen LogP contribution in [0.2, 0.25) is 0 Å². The normalized spacial score (nSPS) is 11.8. The first-order valence-corrected chi connectivity index (χ1v) is 8.25. The molecule has 0 aromatic heterocycles. The second kappa shape index (κ2) is 7.12. The number of halogens is 1. The van der Waals surface area contributed by atoms with E-state index in [1.54, 1.807) is 26.2 Å². The zero-order chi connectivity index (χ0) is 14.5. The lowest BCUT2D eigenvalue weighted by molar-refractivity contribution is 0.520. The fourth-order valence-electron chi connectivity index (χ4n) is 1.83. The van der Waals surface area contributed by atoms with Crippen LogP contribution < -0.4 is 4.90 Å². The Hall–Kier alpha value is -0.780. The standard InChI is InChI=1S/C13H21ClN2O2S/c1-4-16(11-7-10-14)12-8-5-6-9-13(12)19(17,18)15(2)3/h5-6,8-9H,4,7,10-11H2,1-3H3. The van der Waals surface area contributed by atoms with Crippen LogP contribution >= 0.6 is 11.6 Å². The van der Waals surface area contributed by atoms with Crippen molar-refractivity contribution in [2.24, 2.45) is 0 Å². The zero-order valence-corrected chi connectivity index (χ0v) is 13.2. The summed E-state index contributed by atoms with van der Waals surface area (Å²) in [5.74, 6) is 0.569. The Morgan fingerprint density at radius 3 is 2.37 bits per heavy atom. The van der Waals surface area contributed by atoms with Crippen LogP contribution in [0.15, 0.2) is 29.2 Å². The second-order valence-electron chi connectivity index (χ2n) is 4.38. The third-order valence-electron chi connectivity index (χ3n) is 2.91. The molecule has 0 saturated heterocycles. The first kappa shape index (κ1) is 16.3. The molecule has 0 aliphatic rings. The van der Waals surface area contributed by atoms with Crippen LogP contribution in [0.1, 0.15) is 13.3 Å². The average Bonchev–Trinajstić information content (AvgIpc) is 2.40. The van der Waals surface area contributed by atoms with Crippen LogP contribution in [0.5, 0.6) is 0 Å². The number of benzene rings is 1. The average molecular weight is 305 g/mol. The van der Waals surface area contributed by atoms with Crippen LogP contribution in [0, 0.1) is 0 Å². The maximum Gasteiger partial charge on any atom is 0.244 e. The fourth-order valence-corrected chi connectivity index (χ4v) is 3.06. The highest BCUT2D eigenvalue weighted by molar-refractivity contribution is 7.89. The molecule has 0 aliphatic carbocycles. The molecule has 6 heteroatoms. The first-order valence-electron chi connectivity index (χ1n) is 6.27. The van der Waals surface area contributed by atoms with Crippen LogP contribution in [-0.2, 0) is 10.0 Å². The highest BCUT2D eigenvalue weighted by Gasteiger charge is 2.22. The van der Waals surface area contributed by atoms with E-state index < -0.39 is 10.0 Å². The number of rotatable bonds is 7. The van der Waals surface area contributed by atoms with E-state index in [-0.39, 0.29) is 0 Å². The molecular weight excluding hydrogens is 284 g/mol. The van der Waals surface area contributed by atoms with Gasteiger partial charge in [-0.15, -0.1) is 11.6 Å². The summed E-state index contributed by atoms with van der Waals surface area (Å²) in [6.45, 7) is 3.50. The predicted octanol–water partition coefficient (Wildman–Crippen LogP) is 2.39. The molecule has 0 unspecified atom stereocenters. The molecule has 1 rings (SSSR count). The monoisotopic (exact) mass is 304 g/mol. The summed E-state index contributed by atoms with van der Waals surface area (Å²) in [4.78, 5) is 2.38. The van der Waals surface area contributed by atoms with Gasteiger partial charge < -0.3 is 4.90 Å². The van der Waals surface area contributed by atoms with Crippen molar-refractivity contribution in [3.8, 4) is 0 Å². The number of hydrogen-bond acceptors (Lipinski definition) is 3. The summed E-state index contributed by atoms with van der Waals surface area (Å²) >= 11 is 5.72. The Morgan fingerprint density at radius 1 is 1.21 bits per heavy atom. The van der Waals surface area contributed by atoms with Gasteiger partial charge in [-0.05, 0) is 25.5 Å². The number of alkyl halides is 1. The molecule has 0 aliphatic heterocycles. The molecular formula is C13H21ClN2O2S. The Kier molecular flexibility index (Phi) is 6.10. The van der Waals surface area contributed by atoms with Gasteiger partial charge in [-0.3, -0.25) is 0 Å². The third kappa shape index (κ3) is 3.84. The van der Waals surface area contributed by atoms with Crippen molar-refractivity contribution >= 4 is 27.3 Å². The summed E-state index contributed by atoms with van der Waals surface area (Å²) in [6, 6.07) is 7.09. The number of sulfonamides is 1. The van der Waals surface area contributed by atoms with E-state index in [2.05, 4.69) is 0 Å². The zero-order valence-electron chi connectivity index (χ0n) is 11.6. The van der Waals surface area contributed by atoms with Crippen molar-refractivity contribution in [3.63, 3.8) is 0 Å². The molecule has 0 bridgehead atoms. The molecule has 1 aromatic carbocycles. The van der Waals surface area contributed by atoms with Gasteiger partial charge >= 0.3 is 0 Å². The van der Waals surface area contributed by atoms with Crippen molar-refractivity contribution in [2.45, 2.75) is 18.2 Å². The summed E-state index contributed by atoms with van der Waals surface area (Å²) in [6.07, 6.45) is 0.825. The minimum absolute atomic E-state index is 0.344. The Balaban J connectivity index is 3.21. The Bertz CT molecular complexity index is 503. The molecule has 4 nitrogen and oxygen atoms in total. The van der Waals surface area contributed by atoms with E-state index in [1.165, 1.54) is 4.31 Å². The minimum atomic E-state index is -3.43. The smallest absolute Gasteiger partial charge is 0.244 e. The molecule has 0 fully saturated rings. The van der Waals surface area contributed by atoms with Crippen molar-refractivity contribution in [1.82, 2.24) is 4.31 Å². The van der Waals surface area contributed by atoms with Crippen LogP contribution in [-0.4, -0.2) is 45.8 Å². The molecule has 0 heterocycles. The van der Waals surface area contributed by atoms with E-state index in [1.807, 2.05) is 24.0 Å². The van der Waals surface area contributed by atoms with Crippen molar-refractivity contribution < 1.29 is 8.42 Å². The summed E-state index contributed by atoms with van der Waals surface area (Å²) < 4.78 is 25.9. The number of nitrogens with zero attached hydrogens (tertiary/aromatic N) is 2. The van der Waals surface area contributed by atoms with Gasteiger partial charge in [0, 0.05) is 33.1 Å². The molecule has 0 spiro atoms. The Morgan fingerprint density at radius 2 is 1.84 bits per heavy atom. The van der Waals surface area contributed by atoms with Crippen LogP contribution in [0.3, 0.4) is 0 Å². The third-order valence-corrected chi connectivity index (χ3v) is 5.04. The topological polar surface area (TPSA) is 40.6 Å².